The number of carbonyl (C=O) groups excluding carboxylic acids is 2. The number of nitrogens with one attached hydrogen (secondary N) is 2. The van der Waals surface area contributed by atoms with Crippen LogP contribution < -0.4 is 15.4 Å². The summed E-state index contributed by atoms with van der Waals surface area (Å²) >= 11 is 1.11. The first-order valence-electron chi connectivity index (χ1n) is 11.7. The van der Waals surface area contributed by atoms with E-state index in [4.69, 9.17) is 4.74 Å². The van der Waals surface area contributed by atoms with Crippen molar-refractivity contribution in [1.29, 1.82) is 0 Å². The van der Waals surface area contributed by atoms with E-state index in [1.54, 1.807) is 34.9 Å². The molecule has 0 aliphatic heterocycles. The van der Waals surface area contributed by atoms with E-state index in [2.05, 4.69) is 20.8 Å². The molecule has 202 valence electrons. The first-order valence-corrected chi connectivity index (χ1v) is 12.7. The van der Waals surface area contributed by atoms with Crippen molar-refractivity contribution in [2.75, 3.05) is 18.2 Å². The van der Waals surface area contributed by atoms with Gasteiger partial charge in [0.15, 0.2) is 11.0 Å². The van der Waals surface area contributed by atoms with Gasteiger partial charge in [-0.05, 0) is 48.9 Å². The van der Waals surface area contributed by atoms with Crippen molar-refractivity contribution >= 4 is 29.3 Å². The maximum absolute atomic E-state index is 13.4. The summed E-state index contributed by atoms with van der Waals surface area (Å²) in [7, 11) is 1.49. The molecule has 12 heteroatoms. The van der Waals surface area contributed by atoms with Gasteiger partial charge in [0.25, 0.3) is 5.91 Å². The minimum Gasteiger partial charge on any atom is -0.495 e. The van der Waals surface area contributed by atoms with Gasteiger partial charge < -0.3 is 15.4 Å². The second-order valence-corrected chi connectivity index (χ2v) is 9.28. The normalized spacial score (nSPS) is 11.2. The van der Waals surface area contributed by atoms with Gasteiger partial charge in [-0.1, -0.05) is 48.2 Å². The molecule has 0 bridgehead atoms. The van der Waals surface area contributed by atoms with Crippen molar-refractivity contribution < 1.29 is 27.5 Å². The zero-order valence-electron chi connectivity index (χ0n) is 21.0. The minimum atomic E-state index is -4.69. The van der Waals surface area contributed by atoms with Crippen LogP contribution in [0.2, 0.25) is 0 Å². The smallest absolute Gasteiger partial charge is 0.417 e. The lowest BCUT2D eigenvalue weighted by Gasteiger charge is -2.15. The van der Waals surface area contributed by atoms with Crippen molar-refractivity contribution in [1.82, 2.24) is 20.1 Å². The monoisotopic (exact) mass is 555 g/mol. The van der Waals surface area contributed by atoms with Gasteiger partial charge in [-0.3, -0.25) is 14.2 Å². The number of thioether (sulfide) groups is 1. The zero-order valence-corrected chi connectivity index (χ0v) is 21.8. The lowest BCUT2D eigenvalue weighted by Crippen LogP contribution is -2.27. The summed E-state index contributed by atoms with van der Waals surface area (Å²) in [4.78, 5) is 25.3. The van der Waals surface area contributed by atoms with E-state index >= 15 is 0 Å². The van der Waals surface area contributed by atoms with Crippen LogP contribution >= 0.6 is 11.8 Å². The SMILES string of the molecule is COc1ccccc1-n1c(CNC(=O)c2ccccc2C(F)(F)F)nnc1SCC(=O)Nc1cccc(C)c1. The first-order chi connectivity index (χ1) is 18.7. The van der Waals surface area contributed by atoms with Crippen molar-refractivity contribution in [3.05, 3.63) is 95.3 Å². The van der Waals surface area contributed by atoms with Crippen LogP contribution in [0.4, 0.5) is 18.9 Å². The average molecular weight is 556 g/mol. The van der Waals surface area contributed by atoms with E-state index in [1.807, 2.05) is 25.1 Å². The number of para-hydroxylation sites is 2. The largest absolute Gasteiger partial charge is 0.495 e. The van der Waals surface area contributed by atoms with Gasteiger partial charge in [0.2, 0.25) is 5.91 Å². The summed E-state index contributed by atoms with van der Waals surface area (Å²) < 4.78 is 47.2. The Bertz CT molecular complexity index is 1490. The number of rotatable bonds is 9. The molecule has 0 aliphatic rings. The summed E-state index contributed by atoms with van der Waals surface area (Å²) in [5.41, 5.74) is 0.655. The quantitative estimate of drug-likeness (QED) is 0.273. The Morgan fingerprint density at radius 3 is 2.49 bits per heavy atom. The minimum absolute atomic E-state index is 0.00649. The lowest BCUT2D eigenvalue weighted by molar-refractivity contribution is -0.138. The molecule has 4 rings (SSSR count). The number of aryl methyl sites for hydroxylation is 1. The van der Waals surface area contributed by atoms with E-state index in [9.17, 15) is 22.8 Å². The average Bonchev–Trinajstić information content (AvgIpc) is 3.32. The maximum atomic E-state index is 13.4. The fourth-order valence-corrected chi connectivity index (χ4v) is 4.56. The summed E-state index contributed by atoms with van der Waals surface area (Å²) in [5, 5.41) is 14.0. The molecule has 0 aliphatic carbocycles. The van der Waals surface area contributed by atoms with Gasteiger partial charge in [-0.25, -0.2) is 0 Å². The molecular formula is C27H24F3N5O3S. The molecule has 4 aromatic rings. The standard InChI is InChI=1S/C27H24F3N5O3S/c1-17-8-7-9-18(14-17)32-24(36)16-39-26-34-33-23(35(26)21-12-5-6-13-22(21)38-2)15-31-25(37)19-10-3-4-11-20(19)27(28,29)30/h3-14H,15-16H2,1-2H3,(H,31,37)(H,32,36). The third-order valence-corrected chi connectivity index (χ3v) is 6.47. The molecule has 1 heterocycles. The van der Waals surface area contributed by atoms with Crippen molar-refractivity contribution in [3.8, 4) is 11.4 Å². The van der Waals surface area contributed by atoms with Crippen molar-refractivity contribution in [2.45, 2.75) is 24.8 Å². The number of benzene rings is 3. The molecule has 0 atom stereocenters. The van der Waals surface area contributed by atoms with E-state index in [1.165, 1.54) is 19.2 Å². The Morgan fingerprint density at radius 2 is 1.74 bits per heavy atom. The van der Waals surface area contributed by atoms with Crippen LogP contribution in [0.3, 0.4) is 0 Å². The number of nitrogens with zero attached hydrogens (tertiary/aromatic N) is 3. The molecule has 3 aromatic carbocycles. The van der Waals surface area contributed by atoms with Gasteiger partial charge in [0.05, 0.1) is 36.2 Å². The van der Waals surface area contributed by atoms with Gasteiger partial charge >= 0.3 is 6.18 Å². The van der Waals surface area contributed by atoms with E-state index in [0.29, 0.717) is 22.3 Å². The number of methoxy groups -OCH3 is 1. The highest BCUT2D eigenvalue weighted by atomic mass is 32.2. The van der Waals surface area contributed by atoms with Crippen LogP contribution in [-0.4, -0.2) is 39.4 Å². The van der Waals surface area contributed by atoms with Crippen LogP contribution in [0, 0.1) is 6.92 Å². The fourth-order valence-electron chi connectivity index (χ4n) is 3.80. The third-order valence-electron chi connectivity index (χ3n) is 5.54. The molecule has 8 nitrogen and oxygen atoms in total. The summed E-state index contributed by atoms with van der Waals surface area (Å²) in [6.07, 6.45) is -4.69. The van der Waals surface area contributed by atoms with Gasteiger partial charge in [0, 0.05) is 5.69 Å². The number of ether oxygens (including phenoxy) is 1. The van der Waals surface area contributed by atoms with Gasteiger partial charge in [-0.2, -0.15) is 13.2 Å². The highest BCUT2D eigenvalue weighted by molar-refractivity contribution is 7.99. The molecule has 2 N–H and O–H groups in total. The third kappa shape index (κ3) is 6.77. The van der Waals surface area contributed by atoms with Gasteiger partial charge in [-0.15, -0.1) is 10.2 Å². The van der Waals surface area contributed by atoms with Crippen LogP contribution in [0.25, 0.3) is 5.69 Å². The predicted molar refractivity (Wildman–Crippen MR) is 141 cm³/mol. The Kier molecular flexibility index (Phi) is 8.55. The molecule has 1 aromatic heterocycles. The molecule has 0 saturated heterocycles. The van der Waals surface area contributed by atoms with Crippen molar-refractivity contribution in [2.24, 2.45) is 0 Å². The number of amides is 2. The number of hydrogen-bond acceptors (Lipinski definition) is 6. The number of aromatic nitrogens is 3. The number of alkyl halides is 3. The summed E-state index contributed by atoms with van der Waals surface area (Å²) in [5.74, 6) is -0.465. The Hall–Kier alpha value is -4.32. The molecule has 0 unspecified atom stereocenters. The zero-order chi connectivity index (χ0) is 28.0. The molecule has 2 amide bonds. The van der Waals surface area contributed by atoms with Crippen LogP contribution in [0.5, 0.6) is 5.75 Å². The van der Waals surface area contributed by atoms with Crippen LogP contribution in [0.15, 0.2) is 78.0 Å². The first kappa shape index (κ1) is 27.7. The molecule has 0 spiro atoms. The lowest BCUT2D eigenvalue weighted by atomic mass is 10.1. The Labute approximate surface area is 226 Å². The topological polar surface area (TPSA) is 98.1 Å². The number of anilines is 1. The molecule has 0 radical (unpaired) electrons. The van der Waals surface area contributed by atoms with Gasteiger partial charge in [0.1, 0.15) is 5.75 Å². The Morgan fingerprint density at radius 1 is 1.00 bits per heavy atom. The molecule has 39 heavy (non-hydrogen) atoms. The maximum Gasteiger partial charge on any atom is 0.417 e. The highest BCUT2D eigenvalue weighted by Crippen LogP contribution is 2.32. The van der Waals surface area contributed by atoms with E-state index < -0.39 is 23.2 Å². The summed E-state index contributed by atoms with van der Waals surface area (Å²) in [6, 6.07) is 18.9. The van der Waals surface area contributed by atoms with Crippen LogP contribution in [-0.2, 0) is 17.5 Å². The van der Waals surface area contributed by atoms with Crippen LogP contribution in [0.1, 0.15) is 27.3 Å². The van der Waals surface area contributed by atoms with E-state index in [0.717, 1.165) is 29.5 Å². The summed E-state index contributed by atoms with van der Waals surface area (Å²) in [6.45, 7) is 1.69. The second-order valence-electron chi connectivity index (χ2n) is 8.34. The highest BCUT2D eigenvalue weighted by Gasteiger charge is 2.35. The number of carbonyl (C=O) groups is 2. The molecule has 0 fully saturated rings. The Balaban J connectivity index is 1.57. The predicted octanol–water partition coefficient (Wildman–Crippen LogP) is 5.26. The molecular weight excluding hydrogens is 531 g/mol. The molecule has 0 saturated carbocycles. The fraction of sp³-hybridized carbons (Fsp3) is 0.185. The van der Waals surface area contributed by atoms with Crippen molar-refractivity contribution in [3.63, 3.8) is 0 Å². The number of halogens is 3. The number of hydrogen-bond donors (Lipinski definition) is 2. The second kappa shape index (κ2) is 12.0. The van der Waals surface area contributed by atoms with E-state index in [-0.39, 0.29) is 24.0 Å².